The van der Waals surface area contributed by atoms with Crippen molar-refractivity contribution < 1.29 is 9.84 Å². The molecule has 1 aromatic carbocycles. The Hall–Kier alpha value is -1.10. The molecule has 0 saturated heterocycles. The molecule has 0 aliphatic rings. The third kappa shape index (κ3) is 3.26. The van der Waals surface area contributed by atoms with Crippen molar-refractivity contribution in [3.05, 3.63) is 50.6 Å². The molecule has 5 heteroatoms. The Bertz CT molecular complexity index is 617. The molecule has 0 radical (unpaired) electrons. The lowest BCUT2D eigenvalue weighted by Crippen LogP contribution is -2.00. The van der Waals surface area contributed by atoms with Crippen LogP contribution in [0, 0.1) is 13.8 Å². The topological polar surface area (TPSA) is 42.4 Å². The Morgan fingerprint density at radius 3 is 2.74 bits per heavy atom. The standard InChI is InChI=1S/C14H13BrClNO2/c1-8-5-9(2)17-14(11(8)7-18)19-13-6-10(15)3-4-12(13)16/h3-6,18H,7H2,1-2H3. The van der Waals surface area contributed by atoms with Gasteiger partial charge >= 0.3 is 0 Å². The first-order valence-corrected chi connectivity index (χ1v) is 6.89. The summed E-state index contributed by atoms with van der Waals surface area (Å²) in [5.41, 5.74) is 2.44. The van der Waals surface area contributed by atoms with Crippen LogP contribution in [0.25, 0.3) is 0 Å². The first-order chi connectivity index (χ1) is 9.01. The van der Waals surface area contributed by atoms with Crippen LogP contribution in [0.1, 0.15) is 16.8 Å². The number of aliphatic hydroxyl groups excluding tert-OH is 1. The summed E-state index contributed by atoms with van der Waals surface area (Å²) in [6, 6.07) is 7.24. The molecule has 0 bridgehead atoms. The van der Waals surface area contributed by atoms with Gasteiger partial charge in [0.25, 0.3) is 0 Å². The van der Waals surface area contributed by atoms with Crippen molar-refractivity contribution in [3.63, 3.8) is 0 Å². The van der Waals surface area contributed by atoms with Gasteiger partial charge in [-0.25, -0.2) is 4.98 Å². The van der Waals surface area contributed by atoms with E-state index >= 15 is 0 Å². The Kier molecular flexibility index (Phi) is 4.45. The van der Waals surface area contributed by atoms with Crippen LogP contribution < -0.4 is 4.74 Å². The van der Waals surface area contributed by atoms with E-state index in [9.17, 15) is 5.11 Å². The Labute approximate surface area is 125 Å². The first-order valence-electron chi connectivity index (χ1n) is 5.72. The highest BCUT2D eigenvalue weighted by Gasteiger charge is 2.12. The highest BCUT2D eigenvalue weighted by Crippen LogP contribution is 2.33. The molecule has 100 valence electrons. The molecule has 1 N–H and O–H groups in total. The van der Waals surface area contributed by atoms with Crippen molar-refractivity contribution in [2.75, 3.05) is 0 Å². The fourth-order valence-electron chi connectivity index (χ4n) is 1.77. The van der Waals surface area contributed by atoms with Gasteiger partial charge in [-0.2, -0.15) is 0 Å². The fraction of sp³-hybridized carbons (Fsp3) is 0.214. The number of aryl methyl sites for hydroxylation is 2. The average molecular weight is 343 g/mol. The molecular formula is C14H13BrClNO2. The zero-order chi connectivity index (χ0) is 14.0. The Morgan fingerprint density at radius 2 is 2.05 bits per heavy atom. The molecule has 3 nitrogen and oxygen atoms in total. The lowest BCUT2D eigenvalue weighted by Gasteiger charge is -2.13. The van der Waals surface area contributed by atoms with E-state index in [0.29, 0.717) is 22.2 Å². The van der Waals surface area contributed by atoms with E-state index < -0.39 is 0 Å². The van der Waals surface area contributed by atoms with E-state index in [-0.39, 0.29) is 6.61 Å². The molecule has 1 heterocycles. The summed E-state index contributed by atoms with van der Waals surface area (Å²) in [6.07, 6.45) is 0. The molecule has 0 unspecified atom stereocenters. The van der Waals surface area contributed by atoms with Crippen LogP contribution in [-0.4, -0.2) is 10.1 Å². The molecule has 2 rings (SSSR count). The molecule has 0 amide bonds. The molecule has 0 aliphatic heterocycles. The van der Waals surface area contributed by atoms with Gasteiger partial charge in [-0.1, -0.05) is 27.5 Å². The number of pyridine rings is 1. The molecule has 0 spiro atoms. The number of benzene rings is 1. The number of ether oxygens (including phenoxy) is 1. The maximum Gasteiger partial charge on any atom is 0.225 e. The van der Waals surface area contributed by atoms with E-state index in [2.05, 4.69) is 20.9 Å². The maximum absolute atomic E-state index is 9.43. The van der Waals surface area contributed by atoms with Crippen LogP contribution in [0.2, 0.25) is 5.02 Å². The Balaban J connectivity index is 2.45. The minimum Gasteiger partial charge on any atom is -0.437 e. The van der Waals surface area contributed by atoms with Crippen molar-refractivity contribution in [1.29, 1.82) is 0 Å². The fourth-order valence-corrected chi connectivity index (χ4v) is 2.26. The second-order valence-corrected chi connectivity index (χ2v) is 5.52. The number of hydrogen-bond donors (Lipinski definition) is 1. The normalized spacial score (nSPS) is 10.6. The molecule has 0 fully saturated rings. The summed E-state index contributed by atoms with van der Waals surface area (Å²) in [7, 11) is 0. The highest BCUT2D eigenvalue weighted by atomic mass is 79.9. The van der Waals surface area contributed by atoms with E-state index in [1.54, 1.807) is 12.1 Å². The summed E-state index contributed by atoms with van der Waals surface area (Å²) in [4.78, 5) is 4.31. The molecule has 1 aromatic heterocycles. The van der Waals surface area contributed by atoms with Gasteiger partial charge in [-0.15, -0.1) is 0 Å². The predicted molar refractivity (Wildman–Crippen MR) is 78.9 cm³/mol. The minimum absolute atomic E-state index is 0.125. The van der Waals surface area contributed by atoms with Crippen LogP contribution in [0.5, 0.6) is 11.6 Å². The van der Waals surface area contributed by atoms with Crippen molar-refractivity contribution in [1.82, 2.24) is 4.98 Å². The summed E-state index contributed by atoms with van der Waals surface area (Å²) in [6.45, 7) is 3.67. The summed E-state index contributed by atoms with van der Waals surface area (Å²) in [5, 5.41) is 9.92. The number of rotatable bonds is 3. The van der Waals surface area contributed by atoms with Crippen molar-refractivity contribution in [2.24, 2.45) is 0 Å². The largest absolute Gasteiger partial charge is 0.437 e. The third-order valence-electron chi connectivity index (χ3n) is 2.70. The molecule has 19 heavy (non-hydrogen) atoms. The van der Waals surface area contributed by atoms with Crippen LogP contribution in [-0.2, 0) is 6.61 Å². The van der Waals surface area contributed by atoms with Crippen LogP contribution in [0.4, 0.5) is 0 Å². The maximum atomic E-state index is 9.43. The van der Waals surface area contributed by atoms with Crippen LogP contribution in [0.3, 0.4) is 0 Å². The number of nitrogens with zero attached hydrogens (tertiary/aromatic N) is 1. The van der Waals surface area contributed by atoms with Gasteiger partial charge in [0.2, 0.25) is 5.88 Å². The second kappa shape index (κ2) is 5.90. The van der Waals surface area contributed by atoms with E-state index in [1.807, 2.05) is 26.0 Å². The summed E-state index contributed by atoms with van der Waals surface area (Å²) < 4.78 is 6.60. The zero-order valence-corrected chi connectivity index (χ0v) is 12.9. The number of halogens is 2. The molecular weight excluding hydrogens is 330 g/mol. The van der Waals surface area contributed by atoms with E-state index in [1.165, 1.54) is 0 Å². The van der Waals surface area contributed by atoms with Crippen LogP contribution in [0.15, 0.2) is 28.7 Å². The van der Waals surface area contributed by atoms with E-state index in [4.69, 9.17) is 16.3 Å². The molecule has 0 aliphatic carbocycles. The third-order valence-corrected chi connectivity index (χ3v) is 3.50. The van der Waals surface area contributed by atoms with Gasteiger partial charge in [0.05, 0.1) is 11.6 Å². The van der Waals surface area contributed by atoms with Crippen molar-refractivity contribution in [3.8, 4) is 11.6 Å². The number of aliphatic hydroxyl groups is 1. The monoisotopic (exact) mass is 341 g/mol. The van der Waals surface area contributed by atoms with Gasteiger partial charge in [0, 0.05) is 15.7 Å². The lowest BCUT2D eigenvalue weighted by molar-refractivity contribution is 0.274. The van der Waals surface area contributed by atoms with Crippen molar-refractivity contribution >= 4 is 27.5 Å². The quantitative estimate of drug-likeness (QED) is 0.899. The van der Waals surface area contributed by atoms with Gasteiger partial charge in [0.1, 0.15) is 5.75 Å². The minimum atomic E-state index is -0.125. The first kappa shape index (κ1) is 14.3. The van der Waals surface area contributed by atoms with Gasteiger partial charge in [-0.05, 0) is 43.7 Å². The Morgan fingerprint density at radius 1 is 1.32 bits per heavy atom. The SMILES string of the molecule is Cc1cc(C)c(CO)c(Oc2cc(Br)ccc2Cl)n1. The van der Waals surface area contributed by atoms with Gasteiger partial charge in [-0.3, -0.25) is 0 Å². The van der Waals surface area contributed by atoms with Crippen LogP contribution >= 0.6 is 27.5 Å². The lowest BCUT2D eigenvalue weighted by atomic mass is 10.1. The number of hydrogen-bond acceptors (Lipinski definition) is 3. The molecule has 2 aromatic rings. The molecule has 0 saturated carbocycles. The average Bonchev–Trinajstić information content (AvgIpc) is 2.33. The van der Waals surface area contributed by atoms with E-state index in [0.717, 1.165) is 15.7 Å². The number of aromatic nitrogens is 1. The molecule has 0 atom stereocenters. The summed E-state index contributed by atoms with van der Waals surface area (Å²) in [5.74, 6) is 0.892. The van der Waals surface area contributed by atoms with Gasteiger partial charge < -0.3 is 9.84 Å². The van der Waals surface area contributed by atoms with Gasteiger partial charge in [0.15, 0.2) is 0 Å². The summed E-state index contributed by atoms with van der Waals surface area (Å²) >= 11 is 9.45. The van der Waals surface area contributed by atoms with Crippen molar-refractivity contribution in [2.45, 2.75) is 20.5 Å². The smallest absolute Gasteiger partial charge is 0.225 e. The zero-order valence-electron chi connectivity index (χ0n) is 10.6. The highest BCUT2D eigenvalue weighted by molar-refractivity contribution is 9.10. The predicted octanol–water partition coefficient (Wildman–Crippen LogP) is 4.40. The second-order valence-electron chi connectivity index (χ2n) is 4.20.